The Morgan fingerprint density at radius 3 is 2.58 bits per heavy atom. The highest BCUT2D eigenvalue weighted by Crippen LogP contribution is 2.63. The van der Waals surface area contributed by atoms with E-state index in [1.807, 2.05) is 10.7 Å². The van der Waals surface area contributed by atoms with E-state index in [0.29, 0.717) is 16.5 Å². The molecule has 2 aromatic heterocycles. The zero-order chi connectivity index (χ0) is 22.2. The lowest BCUT2D eigenvalue weighted by Crippen LogP contribution is -2.59. The van der Waals surface area contributed by atoms with Crippen LogP contribution in [0.4, 0.5) is 17.3 Å². The molecule has 8 rings (SSSR count). The molecule has 7 nitrogen and oxygen atoms in total. The van der Waals surface area contributed by atoms with E-state index in [0.717, 1.165) is 72.4 Å². The fraction of sp³-hybridized carbons (Fsp3) is 0.542. The van der Waals surface area contributed by atoms with Crippen LogP contribution in [0.25, 0.3) is 10.9 Å². The van der Waals surface area contributed by atoms with Crippen LogP contribution >= 0.6 is 23.2 Å². The van der Waals surface area contributed by atoms with Crippen LogP contribution in [-0.4, -0.2) is 46.1 Å². The molecule has 5 fully saturated rings. The van der Waals surface area contributed by atoms with Gasteiger partial charge in [0.25, 0.3) is 0 Å². The van der Waals surface area contributed by atoms with Crippen molar-refractivity contribution in [3.63, 3.8) is 0 Å². The summed E-state index contributed by atoms with van der Waals surface area (Å²) >= 11 is 13.3. The van der Waals surface area contributed by atoms with Crippen LogP contribution in [-0.2, 0) is 10.3 Å². The summed E-state index contributed by atoms with van der Waals surface area (Å²) in [5, 5.41) is 10.1. The Balaban J connectivity index is 1.14. The maximum atomic E-state index is 6.68. The van der Waals surface area contributed by atoms with E-state index in [9.17, 15) is 0 Å². The number of benzene rings is 1. The predicted octanol–water partition coefficient (Wildman–Crippen LogP) is 5.39. The van der Waals surface area contributed by atoms with Gasteiger partial charge in [0.1, 0.15) is 0 Å². The van der Waals surface area contributed by atoms with E-state index in [2.05, 4.69) is 26.4 Å². The van der Waals surface area contributed by atoms with Crippen LogP contribution in [0.15, 0.2) is 24.5 Å². The van der Waals surface area contributed by atoms with E-state index in [4.69, 9.17) is 32.9 Å². The lowest BCUT2D eigenvalue weighted by atomic mass is 9.50. The van der Waals surface area contributed by atoms with Gasteiger partial charge in [-0.05, 0) is 62.0 Å². The maximum Gasteiger partial charge on any atom is 0.227 e. The van der Waals surface area contributed by atoms with Crippen LogP contribution in [0.3, 0.4) is 0 Å². The molecule has 2 saturated heterocycles. The highest BCUT2D eigenvalue weighted by molar-refractivity contribution is 6.34. The third kappa shape index (κ3) is 3.16. The fourth-order valence-electron chi connectivity index (χ4n) is 6.17. The highest BCUT2D eigenvalue weighted by atomic mass is 35.5. The number of nitrogens with one attached hydrogen (secondary N) is 1. The summed E-state index contributed by atoms with van der Waals surface area (Å²) in [5.74, 6) is 1.37. The molecule has 5 aliphatic rings. The summed E-state index contributed by atoms with van der Waals surface area (Å²) in [7, 11) is 0. The minimum absolute atomic E-state index is 0.148. The second kappa shape index (κ2) is 7.20. The minimum Gasteiger partial charge on any atom is -0.381 e. The van der Waals surface area contributed by atoms with Crippen molar-refractivity contribution in [1.29, 1.82) is 0 Å². The molecule has 2 aliphatic heterocycles. The average Bonchev–Trinajstić information content (AvgIpc) is 3.35. The van der Waals surface area contributed by atoms with Crippen molar-refractivity contribution in [3.05, 3.63) is 34.7 Å². The van der Waals surface area contributed by atoms with Gasteiger partial charge in [0.2, 0.25) is 5.95 Å². The maximum absolute atomic E-state index is 6.68. The first-order valence-corrected chi connectivity index (χ1v) is 12.6. The summed E-state index contributed by atoms with van der Waals surface area (Å²) in [4.78, 5) is 11.6. The van der Waals surface area contributed by atoms with E-state index in [1.54, 1.807) is 12.4 Å². The third-order valence-electron chi connectivity index (χ3n) is 8.41. The smallest absolute Gasteiger partial charge is 0.227 e. The first kappa shape index (κ1) is 20.3. The molecule has 4 heterocycles. The zero-order valence-corrected chi connectivity index (χ0v) is 19.9. The van der Waals surface area contributed by atoms with E-state index < -0.39 is 0 Å². The average molecular weight is 485 g/mol. The van der Waals surface area contributed by atoms with Crippen LogP contribution in [0.2, 0.25) is 10.2 Å². The zero-order valence-electron chi connectivity index (χ0n) is 18.4. The second-order valence-corrected chi connectivity index (χ2v) is 11.2. The molecule has 3 saturated carbocycles. The van der Waals surface area contributed by atoms with Gasteiger partial charge in [0.15, 0.2) is 5.15 Å². The number of aromatic nitrogens is 4. The minimum atomic E-state index is 0.148. The van der Waals surface area contributed by atoms with Crippen molar-refractivity contribution >= 4 is 51.4 Å². The lowest BCUT2D eigenvalue weighted by Gasteiger charge is -2.61. The van der Waals surface area contributed by atoms with Crippen molar-refractivity contribution in [2.24, 2.45) is 11.3 Å². The number of fused-ring (bicyclic) bond motifs is 1. The Bertz CT molecular complexity index is 1230. The van der Waals surface area contributed by atoms with Gasteiger partial charge < -0.3 is 15.0 Å². The molecule has 1 aromatic carbocycles. The summed E-state index contributed by atoms with van der Waals surface area (Å²) in [6, 6.07) is 4.05. The van der Waals surface area contributed by atoms with Crippen molar-refractivity contribution in [3.8, 4) is 0 Å². The van der Waals surface area contributed by atoms with Crippen LogP contribution in [0.5, 0.6) is 0 Å². The molecule has 1 spiro atoms. The Morgan fingerprint density at radius 1 is 1.06 bits per heavy atom. The summed E-state index contributed by atoms with van der Waals surface area (Å²) in [5.41, 5.74) is 3.16. The molecule has 0 amide bonds. The summed E-state index contributed by atoms with van der Waals surface area (Å²) in [6.07, 6.45) is 10.6. The van der Waals surface area contributed by atoms with E-state index in [1.165, 1.54) is 25.7 Å². The van der Waals surface area contributed by atoms with E-state index >= 15 is 0 Å². The molecule has 0 atom stereocenters. The number of anilines is 3. The predicted molar refractivity (Wildman–Crippen MR) is 130 cm³/mol. The molecule has 33 heavy (non-hydrogen) atoms. The van der Waals surface area contributed by atoms with Gasteiger partial charge in [0.05, 0.1) is 40.3 Å². The van der Waals surface area contributed by atoms with Crippen LogP contribution in [0.1, 0.15) is 38.5 Å². The monoisotopic (exact) mass is 484 g/mol. The fourth-order valence-corrected chi connectivity index (χ4v) is 6.78. The summed E-state index contributed by atoms with van der Waals surface area (Å²) < 4.78 is 7.66. The third-order valence-corrected chi connectivity index (χ3v) is 9.08. The van der Waals surface area contributed by atoms with Gasteiger partial charge in [-0.25, -0.2) is 14.6 Å². The van der Waals surface area contributed by atoms with Gasteiger partial charge in [0, 0.05) is 31.3 Å². The molecule has 0 radical (unpaired) electrons. The van der Waals surface area contributed by atoms with Gasteiger partial charge in [-0.3, -0.25) is 0 Å². The normalized spacial score (nSPS) is 27.6. The molecule has 3 aromatic rings. The number of halogens is 2. The van der Waals surface area contributed by atoms with Crippen LogP contribution in [0, 0.1) is 11.3 Å². The molecule has 1 N–H and O–H groups in total. The van der Waals surface area contributed by atoms with Crippen molar-refractivity contribution in [2.75, 3.05) is 36.5 Å². The number of rotatable bonds is 4. The van der Waals surface area contributed by atoms with E-state index in [-0.39, 0.29) is 5.54 Å². The first-order valence-electron chi connectivity index (χ1n) is 11.8. The highest BCUT2D eigenvalue weighted by Gasteiger charge is 2.59. The van der Waals surface area contributed by atoms with Crippen molar-refractivity contribution in [2.45, 2.75) is 44.1 Å². The molecule has 3 aliphatic carbocycles. The Kier molecular flexibility index (Phi) is 4.43. The lowest BCUT2D eigenvalue weighted by molar-refractivity contribution is -0.0975. The standard InChI is InChI=1S/C24H26Cl2N6O/c25-17-7-16-12-27-22(30-19-13-28-32(21(19)26)24-9-15(10-24)11-24)29-18(16)8-20(17)31-4-1-23(2-5-31)3-6-33-14-23/h7-8,12-13,15H,1-6,9-11,14H2,(H,27,29,30). The van der Waals surface area contributed by atoms with Gasteiger partial charge in [-0.1, -0.05) is 23.2 Å². The largest absolute Gasteiger partial charge is 0.381 e. The topological polar surface area (TPSA) is 68.1 Å². The molecule has 9 heteroatoms. The van der Waals surface area contributed by atoms with Crippen LogP contribution < -0.4 is 10.2 Å². The summed E-state index contributed by atoms with van der Waals surface area (Å²) in [6.45, 7) is 3.77. The Hall–Kier alpha value is -2.09. The van der Waals surface area contributed by atoms with Crippen molar-refractivity contribution < 1.29 is 4.74 Å². The van der Waals surface area contributed by atoms with Crippen molar-refractivity contribution in [1.82, 2.24) is 19.7 Å². The number of piperidine rings is 1. The van der Waals surface area contributed by atoms with Gasteiger partial charge in [-0.15, -0.1) is 0 Å². The number of ether oxygens (including phenoxy) is 1. The SMILES string of the molecule is Clc1cc2cnc(Nc3cnn(C45CC(C4)C5)c3Cl)nc2cc1N1CCC2(CCOC2)CC1. The van der Waals surface area contributed by atoms with Gasteiger partial charge >= 0.3 is 0 Å². The quantitative estimate of drug-likeness (QED) is 0.534. The molecule has 0 unspecified atom stereocenters. The van der Waals surface area contributed by atoms with Gasteiger partial charge in [-0.2, -0.15) is 5.10 Å². The number of hydrogen-bond donors (Lipinski definition) is 1. The first-order chi connectivity index (χ1) is 16.0. The molecular weight excluding hydrogens is 459 g/mol. The molecule has 2 bridgehead atoms. The number of hydrogen-bond acceptors (Lipinski definition) is 6. The number of nitrogens with zero attached hydrogens (tertiary/aromatic N) is 5. The Labute approximate surface area is 202 Å². The molecular formula is C24H26Cl2N6O. The molecule has 172 valence electrons. The second-order valence-electron chi connectivity index (χ2n) is 10.4. The Morgan fingerprint density at radius 2 is 1.88 bits per heavy atom.